The standard InChI is InChI=1S/C22H17Br2ClN4O3/c1-11-6-18-19(28-29(27-18)13-4-5-20(31-2)16(25)9-13)10-17(11)26-22(30)14-7-12(23)8-15(24)21(14)32-3/h4-10H,1-3H3,(H,26,30). The second kappa shape index (κ2) is 9.09. The predicted molar refractivity (Wildman–Crippen MR) is 132 cm³/mol. The van der Waals surface area contributed by atoms with Gasteiger partial charge in [-0.1, -0.05) is 27.5 Å². The van der Waals surface area contributed by atoms with E-state index in [2.05, 4.69) is 47.4 Å². The number of hydrogen-bond acceptors (Lipinski definition) is 5. The van der Waals surface area contributed by atoms with Crippen molar-refractivity contribution in [3.63, 3.8) is 0 Å². The van der Waals surface area contributed by atoms with Crippen LogP contribution in [0.1, 0.15) is 15.9 Å². The lowest BCUT2D eigenvalue weighted by Gasteiger charge is -2.13. The number of amides is 1. The van der Waals surface area contributed by atoms with Crippen LogP contribution in [0.15, 0.2) is 51.4 Å². The number of methoxy groups -OCH3 is 2. The fourth-order valence-corrected chi connectivity index (χ4v) is 4.86. The highest BCUT2D eigenvalue weighted by molar-refractivity contribution is 9.11. The van der Waals surface area contributed by atoms with Gasteiger partial charge in [0, 0.05) is 10.2 Å². The van der Waals surface area contributed by atoms with Gasteiger partial charge in [0.2, 0.25) is 0 Å². The van der Waals surface area contributed by atoms with Crippen molar-refractivity contribution in [1.29, 1.82) is 0 Å². The number of rotatable bonds is 5. The zero-order valence-corrected chi connectivity index (χ0v) is 21.2. The largest absolute Gasteiger partial charge is 0.495 e. The number of carbonyl (C=O) groups excluding carboxylic acids is 1. The first-order chi connectivity index (χ1) is 15.3. The van der Waals surface area contributed by atoms with Crippen LogP contribution in [0.2, 0.25) is 5.02 Å². The van der Waals surface area contributed by atoms with Gasteiger partial charge in [0.25, 0.3) is 5.91 Å². The Bertz CT molecular complexity index is 1360. The fourth-order valence-electron chi connectivity index (χ4n) is 3.22. The molecule has 1 amide bonds. The molecule has 3 aromatic carbocycles. The van der Waals surface area contributed by atoms with Crippen LogP contribution in [-0.4, -0.2) is 35.1 Å². The van der Waals surface area contributed by atoms with Gasteiger partial charge in [-0.2, -0.15) is 4.80 Å². The monoisotopic (exact) mass is 578 g/mol. The molecule has 1 N–H and O–H groups in total. The van der Waals surface area contributed by atoms with E-state index in [1.807, 2.05) is 25.1 Å². The van der Waals surface area contributed by atoms with Gasteiger partial charge in [-0.15, -0.1) is 10.2 Å². The molecule has 1 aromatic heterocycles. The predicted octanol–water partition coefficient (Wildman–Crippen LogP) is 6.18. The molecule has 164 valence electrons. The molecule has 0 aliphatic carbocycles. The maximum absolute atomic E-state index is 13.0. The van der Waals surface area contributed by atoms with Gasteiger partial charge in [0.15, 0.2) is 0 Å². The molecule has 0 aliphatic rings. The summed E-state index contributed by atoms with van der Waals surface area (Å²) in [6.07, 6.45) is 0. The van der Waals surface area contributed by atoms with Crippen LogP contribution in [-0.2, 0) is 0 Å². The molecule has 0 aliphatic heterocycles. The van der Waals surface area contributed by atoms with Crippen molar-refractivity contribution in [2.45, 2.75) is 6.92 Å². The van der Waals surface area contributed by atoms with Crippen molar-refractivity contribution in [3.05, 3.63) is 67.6 Å². The van der Waals surface area contributed by atoms with Gasteiger partial charge >= 0.3 is 0 Å². The molecule has 0 saturated carbocycles. The molecule has 0 atom stereocenters. The number of anilines is 1. The molecular weight excluding hydrogens is 564 g/mol. The smallest absolute Gasteiger partial charge is 0.259 e. The number of aromatic nitrogens is 3. The molecule has 7 nitrogen and oxygen atoms in total. The van der Waals surface area contributed by atoms with E-state index in [-0.39, 0.29) is 5.91 Å². The molecule has 32 heavy (non-hydrogen) atoms. The number of ether oxygens (including phenoxy) is 2. The quantitative estimate of drug-likeness (QED) is 0.305. The van der Waals surface area contributed by atoms with Gasteiger partial charge in [0.05, 0.1) is 35.0 Å². The molecule has 0 unspecified atom stereocenters. The Balaban J connectivity index is 1.68. The SMILES string of the molecule is COc1ccc(-n2nc3cc(C)c(NC(=O)c4cc(Br)cc(Br)c4OC)cc3n2)cc1Cl. The van der Waals surface area contributed by atoms with E-state index >= 15 is 0 Å². The first-order valence-corrected chi connectivity index (χ1v) is 11.3. The van der Waals surface area contributed by atoms with E-state index in [0.29, 0.717) is 49.0 Å². The molecule has 0 spiro atoms. The van der Waals surface area contributed by atoms with Crippen LogP contribution in [0, 0.1) is 6.92 Å². The lowest BCUT2D eigenvalue weighted by molar-refractivity contribution is 0.102. The van der Waals surface area contributed by atoms with Crippen molar-refractivity contribution in [2.24, 2.45) is 0 Å². The first-order valence-electron chi connectivity index (χ1n) is 9.36. The molecule has 0 saturated heterocycles. The number of fused-ring (bicyclic) bond motifs is 1. The molecule has 0 radical (unpaired) electrons. The second-order valence-corrected chi connectivity index (χ2v) is 9.06. The Hall–Kier alpha value is -2.62. The molecule has 4 rings (SSSR count). The van der Waals surface area contributed by atoms with Crippen LogP contribution in [0.5, 0.6) is 11.5 Å². The third kappa shape index (κ3) is 4.32. The Kier molecular flexibility index (Phi) is 6.41. The van der Waals surface area contributed by atoms with Crippen molar-refractivity contribution in [1.82, 2.24) is 15.0 Å². The van der Waals surface area contributed by atoms with Crippen LogP contribution >= 0.6 is 43.5 Å². The number of benzene rings is 3. The highest BCUT2D eigenvalue weighted by Gasteiger charge is 2.18. The van der Waals surface area contributed by atoms with E-state index in [9.17, 15) is 4.79 Å². The minimum absolute atomic E-state index is 0.305. The zero-order valence-electron chi connectivity index (χ0n) is 17.2. The van der Waals surface area contributed by atoms with E-state index in [1.54, 1.807) is 31.4 Å². The molecule has 1 heterocycles. The van der Waals surface area contributed by atoms with E-state index in [4.69, 9.17) is 21.1 Å². The third-order valence-electron chi connectivity index (χ3n) is 4.80. The van der Waals surface area contributed by atoms with Gasteiger partial charge < -0.3 is 14.8 Å². The molecular formula is C22H17Br2ClN4O3. The van der Waals surface area contributed by atoms with Crippen molar-refractivity contribution in [2.75, 3.05) is 19.5 Å². The topological polar surface area (TPSA) is 78.3 Å². The van der Waals surface area contributed by atoms with Crippen LogP contribution in [0.25, 0.3) is 16.7 Å². The highest BCUT2D eigenvalue weighted by Crippen LogP contribution is 2.34. The summed E-state index contributed by atoms with van der Waals surface area (Å²) in [5, 5.41) is 12.5. The second-order valence-electron chi connectivity index (χ2n) is 6.89. The summed E-state index contributed by atoms with van der Waals surface area (Å²) < 4.78 is 12.0. The molecule has 0 fully saturated rings. The van der Waals surface area contributed by atoms with Gasteiger partial charge in [-0.25, -0.2) is 0 Å². The third-order valence-corrected chi connectivity index (χ3v) is 6.14. The minimum atomic E-state index is -0.305. The number of aryl methyl sites for hydroxylation is 1. The average molecular weight is 581 g/mol. The summed E-state index contributed by atoms with van der Waals surface area (Å²) in [6, 6.07) is 12.5. The Morgan fingerprint density at radius 3 is 2.41 bits per heavy atom. The Labute approximate surface area is 205 Å². The summed E-state index contributed by atoms with van der Waals surface area (Å²) in [5.41, 5.74) is 3.87. The average Bonchev–Trinajstić information content (AvgIpc) is 3.16. The van der Waals surface area contributed by atoms with Gasteiger partial charge in [-0.05, 0) is 70.9 Å². The van der Waals surface area contributed by atoms with Crippen molar-refractivity contribution in [3.8, 4) is 17.2 Å². The maximum atomic E-state index is 13.0. The summed E-state index contributed by atoms with van der Waals surface area (Å²) in [7, 11) is 3.08. The van der Waals surface area contributed by atoms with Crippen LogP contribution < -0.4 is 14.8 Å². The number of hydrogen-bond donors (Lipinski definition) is 1. The van der Waals surface area contributed by atoms with Gasteiger partial charge in [0.1, 0.15) is 22.5 Å². The lowest BCUT2D eigenvalue weighted by atomic mass is 10.1. The Morgan fingerprint density at radius 2 is 1.75 bits per heavy atom. The number of halogens is 3. The molecule has 4 aromatic rings. The minimum Gasteiger partial charge on any atom is -0.495 e. The first kappa shape index (κ1) is 22.6. The number of carbonyl (C=O) groups is 1. The summed E-state index contributed by atoms with van der Waals surface area (Å²) in [6.45, 7) is 1.90. The lowest BCUT2D eigenvalue weighted by Crippen LogP contribution is -2.14. The summed E-state index contributed by atoms with van der Waals surface area (Å²) in [4.78, 5) is 14.5. The fraction of sp³-hybridized carbons (Fsp3) is 0.136. The zero-order chi connectivity index (χ0) is 23.0. The number of nitrogens with one attached hydrogen (secondary N) is 1. The maximum Gasteiger partial charge on any atom is 0.259 e. The van der Waals surface area contributed by atoms with E-state index < -0.39 is 0 Å². The number of nitrogens with zero attached hydrogens (tertiary/aromatic N) is 3. The van der Waals surface area contributed by atoms with Crippen molar-refractivity contribution >= 4 is 66.1 Å². The highest BCUT2D eigenvalue weighted by atomic mass is 79.9. The summed E-state index contributed by atoms with van der Waals surface area (Å²) in [5.74, 6) is 0.718. The molecule has 0 bridgehead atoms. The van der Waals surface area contributed by atoms with E-state index in [1.165, 1.54) is 11.9 Å². The van der Waals surface area contributed by atoms with Crippen molar-refractivity contribution < 1.29 is 14.3 Å². The van der Waals surface area contributed by atoms with Crippen LogP contribution in [0.4, 0.5) is 5.69 Å². The van der Waals surface area contributed by atoms with E-state index in [0.717, 1.165) is 10.0 Å². The van der Waals surface area contributed by atoms with Gasteiger partial charge in [-0.3, -0.25) is 4.79 Å². The summed E-state index contributed by atoms with van der Waals surface area (Å²) >= 11 is 13.1. The normalized spacial score (nSPS) is 10.9. The Morgan fingerprint density at radius 1 is 1.03 bits per heavy atom. The molecule has 10 heteroatoms. The van der Waals surface area contributed by atoms with Crippen LogP contribution in [0.3, 0.4) is 0 Å².